The van der Waals surface area contributed by atoms with Gasteiger partial charge >= 0.3 is 0 Å². The van der Waals surface area contributed by atoms with Crippen LogP contribution in [0, 0.1) is 5.92 Å². The Morgan fingerprint density at radius 3 is 2.53 bits per heavy atom. The Hall–Kier alpha value is -0.120. The van der Waals surface area contributed by atoms with Crippen molar-refractivity contribution in [2.24, 2.45) is 5.92 Å². The largest absolute Gasteiger partial charge is 0.316 e. The van der Waals surface area contributed by atoms with Gasteiger partial charge in [-0.2, -0.15) is 0 Å². The normalized spacial score (nSPS) is 20.8. The van der Waals surface area contributed by atoms with Crippen molar-refractivity contribution in [3.8, 4) is 0 Å². The summed E-state index contributed by atoms with van der Waals surface area (Å²) in [5, 5.41) is 3.52. The van der Waals surface area contributed by atoms with E-state index in [-0.39, 0.29) is 0 Å². The first-order chi connectivity index (χ1) is 9.09. The van der Waals surface area contributed by atoms with E-state index in [4.69, 9.17) is 0 Å². The number of nitrogens with zero attached hydrogens (tertiary/aromatic N) is 2. The SMILES string of the molecule is CC(C)CNCCCCCCN1CCC(N(C)C)C1. The molecular formula is C16H35N3. The molecule has 0 aromatic carbocycles. The molecule has 0 saturated carbocycles. The van der Waals surface area contributed by atoms with E-state index in [1.165, 1.54) is 64.8 Å². The van der Waals surface area contributed by atoms with Crippen molar-refractivity contribution in [3.63, 3.8) is 0 Å². The third kappa shape index (κ3) is 7.91. The van der Waals surface area contributed by atoms with E-state index in [9.17, 15) is 0 Å². The van der Waals surface area contributed by atoms with Crippen molar-refractivity contribution in [2.75, 3.05) is 46.8 Å². The highest BCUT2D eigenvalue weighted by molar-refractivity contribution is 4.80. The van der Waals surface area contributed by atoms with Gasteiger partial charge < -0.3 is 15.1 Å². The van der Waals surface area contributed by atoms with Crippen LogP contribution < -0.4 is 5.32 Å². The molecule has 1 N–H and O–H groups in total. The predicted molar refractivity (Wildman–Crippen MR) is 84.7 cm³/mol. The second kappa shape index (κ2) is 9.73. The van der Waals surface area contributed by atoms with Gasteiger partial charge in [-0.25, -0.2) is 0 Å². The average Bonchev–Trinajstić information content (AvgIpc) is 2.81. The standard InChI is InChI=1S/C16H35N3/c1-15(2)13-17-10-7-5-6-8-11-19-12-9-16(14-19)18(3)4/h15-17H,5-14H2,1-4H3. The molecule has 1 aliphatic rings. The maximum absolute atomic E-state index is 3.52. The maximum Gasteiger partial charge on any atom is 0.0229 e. The molecule has 0 bridgehead atoms. The van der Waals surface area contributed by atoms with E-state index in [1.807, 2.05) is 0 Å². The van der Waals surface area contributed by atoms with Gasteiger partial charge in [0.1, 0.15) is 0 Å². The van der Waals surface area contributed by atoms with Gasteiger partial charge in [0.05, 0.1) is 0 Å². The van der Waals surface area contributed by atoms with Crippen LogP contribution in [-0.2, 0) is 0 Å². The van der Waals surface area contributed by atoms with Gasteiger partial charge in [0, 0.05) is 12.6 Å². The lowest BCUT2D eigenvalue weighted by Crippen LogP contribution is -2.31. The number of likely N-dealkylation sites (tertiary alicyclic amines) is 1. The molecule has 1 fully saturated rings. The van der Waals surface area contributed by atoms with Crippen LogP contribution in [0.4, 0.5) is 0 Å². The van der Waals surface area contributed by atoms with E-state index in [0.29, 0.717) is 0 Å². The lowest BCUT2D eigenvalue weighted by Gasteiger charge is -2.20. The summed E-state index contributed by atoms with van der Waals surface area (Å²) in [7, 11) is 4.41. The summed E-state index contributed by atoms with van der Waals surface area (Å²) in [4.78, 5) is 5.02. The molecule has 114 valence electrons. The Balaban J connectivity index is 1.86. The van der Waals surface area contributed by atoms with Gasteiger partial charge in [-0.3, -0.25) is 0 Å². The number of hydrogen-bond donors (Lipinski definition) is 1. The first-order valence-electron chi connectivity index (χ1n) is 8.19. The van der Waals surface area contributed by atoms with Crippen molar-refractivity contribution < 1.29 is 0 Å². The van der Waals surface area contributed by atoms with E-state index < -0.39 is 0 Å². The molecule has 1 rings (SSSR count). The fourth-order valence-electron chi connectivity index (χ4n) is 2.77. The van der Waals surface area contributed by atoms with Crippen LogP contribution in [0.1, 0.15) is 46.0 Å². The molecule has 0 radical (unpaired) electrons. The van der Waals surface area contributed by atoms with E-state index in [0.717, 1.165) is 12.0 Å². The van der Waals surface area contributed by atoms with Crippen LogP contribution >= 0.6 is 0 Å². The second-order valence-corrected chi connectivity index (χ2v) is 6.72. The Bertz CT molecular complexity index is 216. The molecule has 0 aromatic rings. The lowest BCUT2D eigenvalue weighted by molar-refractivity contribution is 0.265. The topological polar surface area (TPSA) is 18.5 Å². The fourth-order valence-corrected chi connectivity index (χ4v) is 2.77. The summed E-state index contributed by atoms with van der Waals surface area (Å²) in [6.45, 7) is 10.8. The van der Waals surface area contributed by atoms with E-state index >= 15 is 0 Å². The van der Waals surface area contributed by atoms with Gasteiger partial charge in [0.25, 0.3) is 0 Å². The van der Waals surface area contributed by atoms with Crippen molar-refractivity contribution in [1.82, 2.24) is 15.1 Å². The van der Waals surface area contributed by atoms with Gasteiger partial charge in [-0.05, 0) is 65.5 Å². The van der Waals surface area contributed by atoms with Crippen molar-refractivity contribution in [3.05, 3.63) is 0 Å². The molecule has 3 heteroatoms. The minimum absolute atomic E-state index is 0.778. The Kier molecular flexibility index (Phi) is 8.67. The molecule has 0 amide bonds. The molecular weight excluding hydrogens is 234 g/mol. The molecule has 1 heterocycles. The number of unbranched alkanes of at least 4 members (excludes halogenated alkanes) is 3. The molecule has 1 aliphatic heterocycles. The first kappa shape index (κ1) is 16.9. The highest BCUT2D eigenvalue weighted by Crippen LogP contribution is 2.14. The third-order valence-corrected chi connectivity index (χ3v) is 4.11. The average molecular weight is 269 g/mol. The number of nitrogens with one attached hydrogen (secondary N) is 1. The summed E-state index contributed by atoms with van der Waals surface area (Å²) in [6.07, 6.45) is 6.85. The van der Waals surface area contributed by atoms with E-state index in [2.05, 4.69) is 43.1 Å². The van der Waals surface area contributed by atoms with Crippen LogP contribution in [0.5, 0.6) is 0 Å². The summed E-state index contributed by atoms with van der Waals surface area (Å²) in [5.74, 6) is 0.778. The molecule has 0 aromatic heterocycles. The maximum atomic E-state index is 3.52. The summed E-state index contributed by atoms with van der Waals surface area (Å²) in [6, 6.07) is 0.792. The number of rotatable bonds is 10. The molecule has 3 nitrogen and oxygen atoms in total. The monoisotopic (exact) mass is 269 g/mol. The van der Waals surface area contributed by atoms with Gasteiger partial charge in [-0.15, -0.1) is 0 Å². The number of hydrogen-bond acceptors (Lipinski definition) is 3. The number of likely N-dealkylation sites (N-methyl/N-ethyl adjacent to an activating group) is 1. The van der Waals surface area contributed by atoms with Crippen molar-refractivity contribution >= 4 is 0 Å². The Morgan fingerprint density at radius 2 is 1.89 bits per heavy atom. The first-order valence-corrected chi connectivity index (χ1v) is 8.19. The minimum Gasteiger partial charge on any atom is -0.316 e. The highest BCUT2D eigenvalue weighted by Gasteiger charge is 2.22. The smallest absolute Gasteiger partial charge is 0.0229 e. The zero-order valence-electron chi connectivity index (χ0n) is 13.6. The molecule has 19 heavy (non-hydrogen) atoms. The highest BCUT2D eigenvalue weighted by atomic mass is 15.2. The minimum atomic E-state index is 0.778. The lowest BCUT2D eigenvalue weighted by atomic mass is 10.2. The summed E-state index contributed by atoms with van der Waals surface area (Å²) < 4.78 is 0. The van der Waals surface area contributed by atoms with Gasteiger partial charge in [0.2, 0.25) is 0 Å². The predicted octanol–water partition coefficient (Wildman–Crippen LogP) is 2.43. The summed E-state index contributed by atoms with van der Waals surface area (Å²) >= 11 is 0. The van der Waals surface area contributed by atoms with E-state index in [1.54, 1.807) is 0 Å². The van der Waals surface area contributed by atoms with Gasteiger partial charge in [-0.1, -0.05) is 26.7 Å². The van der Waals surface area contributed by atoms with Crippen LogP contribution in [0.2, 0.25) is 0 Å². The van der Waals surface area contributed by atoms with Crippen LogP contribution in [-0.4, -0.2) is 62.7 Å². The van der Waals surface area contributed by atoms with Crippen molar-refractivity contribution in [2.45, 2.75) is 52.0 Å². The molecule has 1 saturated heterocycles. The Labute approximate surface area is 120 Å². The summed E-state index contributed by atoms with van der Waals surface area (Å²) in [5.41, 5.74) is 0. The fraction of sp³-hybridized carbons (Fsp3) is 1.00. The van der Waals surface area contributed by atoms with Gasteiger partial charge in [0.15, 0.2) is 0 Å². The molecule has 0 spiro atoms. The Morgan fingerprint density at radius 1 is 1.16 bits per heavy atom. The van der Waals surface area contributed by atoms with Crippen molar-refractivity contribution in [1.29, 1.82) is 0 Å². The quantitative estimate of drug-likeness (QED) is 0.615. The molecule has 1 atom stereocenters. The zero-order valence-corrected chi connectivity index (χ0v) is 13.6. The molecule has 1 unspecified atom stereocenters. The zero-order chi connectivity index (χ0) is 14.1. The second-order valence-electron chi connectivity index (χ2n) is 6.72. The third-order valence-electron chi connectivity index (χ3n) is 4.11. The van der Waals surface area contributed by atoms with Crippen LogP contribution in [0.15, 0.2) is 0 Å². The van der Waals surface area contributed by atoms with Crippen LogP contribution in [0.25, 0.3) is 0 Å². The molecule has 0 aliphatic carbocycles. The van der Waals surface area contributed by atoms with Crippen LogP contribution in [0.3, 0.4) is 0 Å².